The van der Waals surface area contributed by atoms with E-state index in [0.717, 1.165) is 16.8 Å². The van der Waals surface area contributed by atoms with Crippen LogP contribution in [0.25, 0.3) is 6.08 Å². The number of fused-ring (bicyclic) bond motifs is 1. The van der Waals surface area contributed by atoms with Gasteiger partial charge in [-0.1, -0.05) is 71.8 Å². The fourth-order valence-corrected chi connectivity index (χ4v) is 5.53. The predicted octanol–water partition coefficient (Wildman–Crippen LogP) is 6.42. The molecule has 0 amide bonds. The Hall–Kier alpha value is -4.20. The minimum absolute atomic E-state index is 0.165. The number of nitrogens with zero attached hydrogens (tertiary/aromatic N) is 2. The molecule has 4 aromatic rings. The van der Waals surface area contributed by atoms with Gasteiger partial charge in [-0.3, -0.25) is 0 Å². The Balaban J connectivity index is 1.48. The molecular weight excluding hydrogens is 520 g/mol. The van der Waals surface area contributed by atoms with Gasteiger partial charge in [0.05, 0.1) is 6.54 Å². The number of carbonyl (C=O) groups is 1. The maximum absolute atomic E-state index is 12.8. The van der Waals surface area contributed by atoms with Gasteiger partial charge >= 0.3 is 5.97 Å². The zero-order valence-corrected chi connectivity index (χ0v) is 22.0. The third-order valence-corrected chi connectivity index (χ3v) is 7.55. The van der Waals surface area contributed by atoms with E-state index in [9.17, 15) is 13.2 Å². The van der Waals surface area contributed by atoms with Gasteiger partial charge < -0.3 is 9.64 Å². The van der Waals surface area contributed by atoms with Crippen LogP contribution in [0.4, 0.5) is 5.69 Å². The van der Waals surface area contributed by atoms with Crippen molar-refractivity contribution in [3.8, 4) is 5.75 Å². The molecule has 1 aliphatic rings. The van der Waals surface area contributed by atoms with Crippen molar-refractivity contribution in [3.05, 3.63) is 130 Å². The Morgan fingerprint density at radius 3 is 2.47 bits per heavy atom. The maximum atomic E-state index is 12.8. The molecule has 1 aliphatic heterocycles. The SMILES string of the molecule is Cc1ccc(N(Cc2ccccc2OC(=O)/C=C/c2cccc(Cl)c2)C2=NS(=O)(=O)c3ccccc32)cc1. The number of aryl methyl sites for hydroxylation is 1. The highest BCUT2D eigenvalue weighted by atomic mass is 35.5. The van der Waals surface area contributed by atoms with Gasteiger partial charge in [0.25, 0.3) is 10.0 Å². The number of esters is 1. The van der Waals surface area contributed by atoms with E-state index in [1.165, 1.54) is 6.08 Å². The Morgan fingerprint density at radius 2 is 1.68 bits per heavy atom. The van der Waals surface area contributed by atoms with Crippen molar-refractivity contribution in [1.29, 1.82) is 0 Å². The second kappa shape index (κ2) is 10.7. The van der Waals surface area contributed by atoms with Crippen LogP contribution < -0.4 is 9.64 Å². The van der Waals surface area contributed by atoms with Crippen LogP contribution in [0.2, 0.25) is 5.02 Å². The summed E-state index contributed by atoms with van der Waals surface area (Å²) in [4.78, 5) is 14.6. The lowest BCUT2D eigenvalue weighted by Gasteiger charge is -2.26. The monoisotopic (exact) mass is 542 g/mol. The number of halogens is 1. The van der Waals surface area contributed by atoms with Crippen molar-refractivity contribution in [3.63, 3.8) is 0 Å². The second-order valence-electron chi connectivity index (χ2n) is 8.72. The van der Waals surface area contributed by atoms with Gasteiger partial charge in [0, 0.05) is 27.9 Å². The molecule has 0 unspecified atom stereocenters. The van der Waals surface area contributed by atoms with E-state index in [1.54, 1.807) is 60.7 Å². The van der Waals surface area contributed by atoms with E-state index < -0.39 is 16.0 Å². The molecular formula is C30H23ClN2O4S. The lowest BCUT2D eigenvalue weighted by molar-refractivity contribution is -0.128. The fourth-order valence-electron chi connectivity index (χ4n) is 4.12. The zero-order valence-electron chi connectivity index (χ0n) is 20.4. The van der Waals surface area contributed by atoms with E-state index >= 15 is 0 Å². The van der Waals surface area contributed by atoms with Crippen LogP contribution in [0, 0.1) is 6.92 Å². The molecule has 0 aromatic heterocycles. The number of hydrogen-bond acceptors (Lipinski definition) is 5. The van der Waals surface area contributed by atoms with E-state index in [4.69, 9.17) is 16.3 Å². The van der Waals surface area contributed by atoms with Crippen LogP contribution in [-0.2, 0) is 21.4 Å². The molecule has 0 aliphatic carbocycles. The minimum Gasteiger partial charge on any atom is -0.423 e. The van der Waals surface area contributed by atoms with Gasteiger partial charge in [0.2, 0.25) is 0 Å². The van der Waals surface area contributed by atoms with Gasteiger partial charge in [-0.15, -0.1) is 4.40 Å². The third-order valence-electron chi connectivity index (χ3n) is 5.99. The molecule has 0 saturated carbocycles. The Bertz CT molecular complexity index is 1680. The van der Waals surface area contributed by atoms with Crippen molar-refractivity contribution in [2.45, 2.75) is 18.4 Å². The normalized spacial score (nSPS) is 13.7. The van der Waals surface area contributed by atoms with Crippen molar-refractivity contribution >= 4 is 45.2 Å². The van der Waals surface area contributed by atoms with E-state index in [2.05, 4.69) is 4.40 Å². The average molecular weight is 543 g/mol. The van der Waals surface area contributed by atoms with E-state index in [1.807, 2.05) is 54.3 Å². The first-order chi connectivity index (χ1) is 18.3. The Morgan fingerprint density at radius 1 is 0.947 bits per heavy atom. The molecule has 0 saturated heterocycles. The van der Waals surface area contributed by atoms with Crippen molar-refractivity contribution in [2.24, 2.45) is 4.40 Å². The van der Waals surface area contributed by atoms with Crippen LogP contribution in [-0.4, -0.2) is 20.2 Å². The lowest BCUT2D eigenvalue weighted by atomic mass is 10.1. The van der Waals surface area contributed by atoms with Crippen LogP contribution in [0.3, 0.4) is 0 Å². The van der Waals surface area contributed by atoms with Crippen LogP contribution in [0.5, 0.6) is 5.75 Å². The van der Waals surface area contributed by atoms with E-state index in [0.29, 0.717) is 27.7 Å². The number of benzene rings is 4. The topological polar surface area (TPSA) is 76.0 Å². The zero-order chi connectivity index (χ0) is 26.7. The number of rotatable bonds is 6. The Labute approximate surface area is 226 Å². The molecule has 0 spiro atoms. The van der Waals surface area contributed by atoms with E-state index in [-0.39, 0.29) is 11.4 Å². The van der Waals surface area contributed by atoms with Crippen molar-refractivity contribution < 1.29 is 17.9 Å². The fraction of sp³-hybridized carbons (Fsp3) is 0.0667. The molecule has 38 heavy (non-hydrogen) atoms. The summed E-state index contributed by atoms with van der Waals surface area (Å²) in [6.45, 7) is 2.19. The summed E-state index contributed by atoms with van der Waals surface area (Å²) in [6.07, 6.45) is 2.97. The maximum Gasteiger partial charge on any atom is 0.336 e. The number of anilines is 1. The lowest BCUT2D eigenvalue weighted by Crippen LogP contribution is -2.30. The third kappa shape index (κ3) is 5.54. The van der Waals surface area contributed by atoms with Crippen molar-refractivity contribution in [2.75, 3.05) is 4.90 Å². The number of para-hydroxylation sites is 1. The van der Waals surface area contributed by atoms with Gasteiger partial charge in [0.15, 0.2) is 5.84 Å². The summed E-state index contributed by atoms with van der Waals surface area (Å²) >= 11 is 6.02. The number of amidine groups is 1. The first kappa shape index (κ1) is 25.4. The van der Waals surface area contributed by atoms with Gasteiger partial charge in [-0.2, -0.15) is 8.42 Å². The summed E-state index contributed by atoms with van der Waals surface area (Å²) in [6, 6.07) is 28.7. The standard InChI is InChI=1S/C30H23ClN2O4S/c1-21-13-16-25(17-14-21)33(30-26-10-3-5-12-28(26)38(35,36)32-30)20-23-8-2-4-11-27(23)37-29(34)18-15-22-7-6-9-24(31)19-22/h2-19H,20H2,1H3/b18-15+. The molecule has 6 nitrogen and oxygen atoms in total. The summed E-state index contributed by atoms with van der Waals surface area (Å²) in [5.41, 5.74) is 3.79. The minimum atomic E-state index is -3.83. The first-order valence-electron chi connectivity index (χ1n) is 11.8. The van der Waals surface area contributed by atoms with Gasteiger partial charge in [0.1, 0.15) is 10.6 Å². The number of hydrogen-bond donors (Lipinski definition) is 0. The molecule has 5 rings (SSSR count). The molecule has 0 atom stereocenters. The first-order valence-corrected chi connectivity index (χ1v) is 13.6. The summed E-state index contributed by atoms with van der Waals surface area (Å²) in [5, 5.41) is 0.570. The van der Waals surface area contributed by atoms with Crippen LogP contribution >= 0.6 is 11.6 Å². The quantitative estimate of drug-likeness (QED) is 0.159. The summed E-state index contributed by atoms with van der Waals surface area (Å²) in [5.74, 6) is 0.122. The Kier molecular flexibility index (Phi) is 7.13. The highest BCUT2D eigenvalue weighted by Gasteiger charge is 2.32. The second-order valence-corrected chi connectivity index (χ2v) is 10.7. The van der Waals surface area contributed by atoms with Gasteiger partial charge in [-0.25, -0.2) is 4.79 Å². The van der Waals surface area contributed by atoms with Crippen LogP contribution in [0.15, 0.2) is 112 Å². The van der Waals surface area contributed by atoms with Crippen LogP contribution in [0.1, 0.15) is 22.3 Å². The molecule has 0 fully saturated rings. The summed E-state index contributed by atoms with van der Waals surface area (Å²) in [7, 11) is -3.83. The number of ether oxygens (including phenoxy) is 1. The van der Waals surface area contributed by atoms with Crippen molar-refractivity contribution in [1.82, 2.24) is 0 Å². The molecule has 0 radical (unpaired) electrons. The van der Waals surface area contributed by atoms with Gasteiger partial charge in [-0.05, 0) is 61.0 Å². The number of sulfonamides is 1. The highest BCUT2D eigenvalue weighted by Crippen LogP contribution is 2.32. The molecule has 0 N–H and O–H groups in total. The molecule has 8 heteroatoms. The highest BCUT2D eigenvalue weighted by molar-refractivity contribution is 7.90. The molecule has 190 valence electrons. The average Bonchev–Trinajstić information content (AvgIpc) is 3.18. The molecule has 1 heterocycles. The smallest absolute Gasteiger partial charge is 0.336 e. The molecule has 0 bridgehead atoms. The predicted molar refractivity (Wildman–Crippen MR) is 150 cm³/mol. The summed E-state index contributed by atoms with van der Waals surface area (Å²) < 4.78 is 35.5. The molecule has 4 aromatic carbocycles. The largest absolute Gasteiger partial charge is 0.423 e. The number of carbonyl (C=O) groups excluding carboxylic acids is 1.